The predicted octanol–water partition coefficient (Wildman–Crippen LogP) is 3.39. The highest BCUT2D eigenvalue weighted by atomic mass is 19.1. The van der Waals surface area contributed by atoms with Crippen LogP contribution in [0.4, 0.5) is 4.39 Å². The summed E-state index contributed by atoms with van der Waals surface area (Å²) in [6.45, 7) is 8.14. The molecule has 0 aromatic heterocycles. The SMILES string of the molecule is CC.CC[C@@]12C[C@@H](F)CN1CC1(CC1)C2. The van der Waals surface area contributed by atoms with Gasteiger partial charge in [-0.3, -0.25) is 4.90 Å². The Morgan fingerprint density at radius 2 is 2.00 bits per heavy atom. The number of hydrogen-bond donors (Lipinski definition) is 0. The molecule has 1 saturated carbocycles. The van der Waals surface area contributed by atoms with Crippen molar-refractivity contribution < 1.29 is 4.39 Å². The van der Waals surface area contributed by atoms with E-state index in [9.17, 15) is 4.39 Å². The van der Waals surface area contributed by atoms with Gasteiger partial charge in [0.15, 0.2) is 0 Å². The summed E-state index contributed by atoms with van der Waals surface area (Å²) in [5, 5.41) is 0. The van der Waals surface area contributed by atoms with Crippen molar-refractivity contribution in [3.63, 3.8) is 0 Å². The van der Waals surface area contributed by atoms with Gasteiger partial charge in [0.2, 0.25) is 0 Å². The lowest BCUT2D eigenvalue weighted by Crippen LogP contribution is -2.37. The molecule has 2 heteroatoms. The molecule has 1 nitrogen and oxygen atoms in total. The van der Waals surface area contributed by atoms with Gasteiger partial charge in [-0.1, -0.05) is 20.8 Å². The molecule has 0 amide bonds. The van der Waals surface area contributed by atoms with Crippen LogP contribution in [0.5, 0.6) is 0 Å². The van der Waals surface area contributed by atoms with E-state index in [4.69, 9.17) is 0 Å². The number of fused-ring (bicyclic) bond motifs is 1. The highest BCUT2D eigenvalue weighted by Gasteiger charge is 2.60. The largest absolute Gasteiger partial charge is 0.294 e. The van der Waals surface area contributed by atoms with Crippen molar-refractivity contribution in [1.29, 1.82) is 0 Å². The maximum Gasteiger partial charge on any atom is 0.115 e. The van der Waals surface area contributed by atoms with Gasteiger partial charge >= 0.3 is 0 Å². The summed E-state index contributed by atoms with van der Waals surface area (Å²) < 4.78 is 13.3. The lowest BCUT2D eigenvalue weighted by atomic mass is 9.86. The van der Waals surface area contributed by atoms with E-state index in [2.05, 4.69) is 11.8 Å². The smallest absolute Gasteiger partial charge is 0.115 e. The first-order valence-electron chi connectivity index (χ1n) is 6.57. The summed E-state index contributed by atoms with van der Waals surface area (Å²) >= 11 is 0. The van der Waals surface area contributed by atoms with E-state index in [1.807, 2.05) is 13.8 Å². The lowest BCUT2D eigenvalue weighted by Gasteiger charge is -2.29. The summed E-state index contributed by atoms with van der Waals surface area (Å²) in [6, 6.07) is 0. The normalized spacial score (nSPS) is 41.2. The van der Waals surface area contributed by atoms with Crippen LogP contribution in [0.3, 0.4) is 0 Å². The zero-order chi connectivity index (χ0) is 11.1. The Kier molecular flexibility index (Phi) is 2.83. The van der Waals surface area contributed by atoms with E-state index in [1.54, 1.807) is 0 Å². The molecule has 0 aromatic rings. The molecule has 0 bridgehead atoms. The maximum absolute atomic E-state index is 13.3. The third-order valence-corrected chi connectivity index (χ3v) is 4.54. The van der Waals surface area contributed by atoms with Crippen LogP contribution in [0.2, 0.25) is 0 Å². The number of alkyl halides is 1. The quantitative estimate of drug-likeness (QED) is 0.645. The second-order valence-corrected chi connectivity index (χ2v) is 5.44. The van der Waals surface area contributed by atoms with Gasteiger partial charge in [0, 0.05) is 18.6 Å². The Morgan fingerprint density at radius 1 is 1.33 bits per heavy atom. The molecule has 2 saturated heterocycles. The molecule has 0 unspecified atom stereocenters. The van der Waals surface area contributed by atoms with Crippen molar-refractivity contribution in [2.45, 2.75) is 64.6 Å². The summed E-state index contributed by atoms with van der Waals surface area (Å²) in [6.07, 6.45) is 5.51. The molecule has 2 atom stereocenters. The van der Waals surface area contributed by atoms with Crippen molar-refractivity contribution in [3.05, 3.63) is 0 Å². The molecule has 3 rings (SSSR count). The van der Waals surface area contributed by atoms with Crippen LogP contribution in [0.1, 0.15) is 52.9 Å². The van der Waals surface area contributed by atoms with Crippen molar-refractivity contribution in [2.75, 3.05) is 13.1 Å². The molecular weight excluding hydrogens is 189 g/mol. The van der Waals surface area contributed by atoms with E-state index in [-0.39, 0.29) is 5.54 Å². The van der Waals surface area contributed by atoms with Crippen molar-refractivity contribution in [1.82, 2.24) is 4.90 Å². The molecule has 1 aliphatic carbocycles. The number of nitrogens with zero attached hydrogens (tertiary/aromatic N) is 1. The first-order valence-corrected chi connectivity index (χ1v) is 6.57. The van der Waals surface area contributed by atoms with E-state index < -0.39 is 6.17 Å². The van der Waals surface area contributed by atoms with Gasteiger partial charge in [0.1, 0.15) is 6.17 Å². The highest BCUT2D eigenvalue weighted by Crippen LogP contribution is 2.61. The average Bonchev–Trinajstić information content (AvgIpc) is 2.80. The lowest BCUT2D eigenvalue weighted by molar-refractivity contribution is 0.189. The Hall–Kier alpha value is -0.110. The fourth-order valence-corrected chi connectivity index (χ4v) is 3.62. The fraction of sp³-hybridized carbons (Fsp3) is 1.00. The molecule has 3 fully saturated rings. The summed E-state index contributed by atoms with van der Waals surface area (Å²) in [5.41, 5.74) is 0.923. The van der Waals surface area contributed by atoms with Crippen LogP contribution in [-0.2, 0) is 0 Å². The Bertz CT molecular complexity index is 237. The molecule has 15 heavy (non-hydrogen) atoms. The molecule has 2 heterocycles. The van der Waals surface area contributed by atoms with Gasteiger partial charge in [-0.05, 0) is 37.5 Å². The minimum Gasteiger partial charge on any atom is -0.294 e. The number of halogens is 1. The molecule has 2 aliphatic heterocycles. The van der Waals surface area contributed by atoms with E-state index in [0.29, 0.717) is 5.41 Å². The molecule has 1 spiro atoms. The predicted molar refractivity (Wildman–Crippen MR) is 61.7 cm³/mol. The first-order chi connectivity index (χ1) is 7.18. The number of rotatable bonds is 1. The summed E-state index contributed by atoms with van der Waals surface area (Å²) in [5.74, 6) is 0. The monoisotopic (exact) mass is 213 g/mol. The molecule has 3 aliphatic rings. The maximum atomic E-state index is 13.3. The van der Waals surface area contributed by atoms with Crippen LogP contribution in [0.25, 0.3) is 0 Å². The Morgan fingerprint density at radius 3 is 2.47 bits per heavy atom. The summed E-state index contributed by atoms with van der Waals surface area (Å²) in [4.78, 5) is 2.45. The zero-order valence-corrected chi connectivity index (χ0v) is 10.4. The van der Waals surface area contributed by atoms with Crippen LogP contribution >= 0.6 is 0 Å². The molecule has 88 valence electrons. The van der Waals surface area contributed by atoms with Gasteiger partial charge in [-0.2, -0.15) is 0 Å². The fourth-order valence-electron chi connectivity index (χ4n) is 3.62. The van der Waals surface area contributed by atoms with E-state index in [1.165, 1.54) is 25.8 Å². The standard InChI is InChI=1S/C11H18FN.C2H6/c1-2-11-5-9(12)6-13(11)8-10(7-11)3-4-10;1-2/h9H,2-8H2,1H3;1-2H3/t9-,11+;/m1./s1. The second-order valence-electron chi connectivity index (χ2n) is 5.44. The van der Waals surface area contributed by atoms with Crippen LogP contribution < -0.4 is 0 Å². The average molecular weight is 213 g/mol. The summed E-state index contributed by atoms with van der Waals surface area (Å²) in [7, 11) is 0. The zero-order valence-electron chi connectivity index (χ0n) is 10.4. The third-order valence-electron chi connectivity index (χ3n) is 4.54. The molecule has 0 radical (unpaired) electrons. The molecule has 0 aromatic carbocycles. The van der Waals surface area contributed by atoms with Gasteiger partial charge in [-0.25, -0.2) is 4.39 Å². The molecular formula is C13H24FN. The third kappa shape index (κ3) is 1.71. The van der Waals surface area contributed by atoms with Crippen LogP contribution in [0, 0.1) is 5.41 Å². The Balaban J connectivity index is 0.000000404. The van der Waals surface area contributed by atoms with Crippen molar-refractivity contribution >= 4 is 0 Å². The highest BCUT2D eigenvalue weighted by molar-refractivity contribution is 5.14. The minimum atomic E-state index is -0.545. The van der Waals surface area contributed by atoms with Crippen molar-refractivity contribution in [2.24, 2.45) is 5.41 Å². The molecule has 0 N–H and O–H groups in total. The van der Waals surface area contributed by atoms with Crippen LogP contribution in [-0.4, -0.2) is 29.7 Å². The topological polar surface area (TPSA) is 3.24 Å². The van der Waals surface area contributed by atoms with Crippen LogP contribution in [0.15, 0.2) is 0 Å². The van der Waals surface area contributed by atoms with E-state index in [0.717, 1.165) is 19.4 Å². The van der Waals surface area contributed by atoms with Gasteiger partial charge < -0.3 is 0 Å². The first kappa shape index (κ1) is 11.4. The minimum absolute atomic E-state index is 0.274. The second kappa shape index (κ2) is 3.73. The Labute approximate surface area is 93.0 Å². The van der Waals surface area contributed by atoms with Gasteiger partial charge in [0.05, 0.1) is 0 Å². The van der Waals surface area contributed by atoms with E-state index >= 15 is 0 Å². The van der Waals surface area contributed by atoms with Gasteiger partial charge in [-0.15, -0.1) is 0 Å². The van der Waals surface area contributed by atoms with Gasteiger partial charge in [0.25, 0.3) is 0 Å². The number of hydrogen-bond acceptors (Lipinski definition) is 1. The van der Waals surface area contributed by atoms with Crippen molar-refractivity contribution in [3.8, 4) is 0 Å².